The molecule has 0 aromatic heterocycles. The molecule has 0 amide bonds. The van der Waals surface area contributed by atoms with Crippen LogP contribution in [0.1, 0.15) is 0 Å². The minimum Gasteiger partial charge on any atom is 0 e. The summed E-state index contributed by atoms with van der Waals surface area (Å²) in [5.74, 6) is 0. The Balaban J connectivity index is -0.00000000267. The molecule has 0 atom stereocenters. The molecule has 0 N–H and O–H groups in total. The second-order valence-electron chi connectivity index (χ2n) is 0. The maximum atomic E-state index is 7.50. The minimum absolute atomic E-state index is 0. The van der Waals surface area contributed by atoms with Crippen LogP contribution in [0.2, 0.25) is 0 Å². The summed E-state index contributed by atoms with van der Waals surface area (Å²) in [7, 11) is 0. The summed E-state index contributed by atoms with van der Waals surface area (Å²) in [6.45, 7) is 18.0. The molecule has 0 heterocycles. The van der Waals surface area contributed by atoms with Crippen molar-refractivity contribution in [2.75, 3.05) is 0 Å². The summed E-state index contributed by atoms with van der Waals surface area (Å²) in [6.07, 6.45) is 0. The van der Waals surface area contributed by atoms with Gasteiger partial charge in [0.25, 0.3) is 0 Å². The molecule has 0 spiro atoms. The van der Waals surface area contributed by atoms with Crippen molar-refractivity contribution in [3.63, 3.8) is 0 Å². The SMILES string of the molecule is Cl.Cl.[C-]#[O+].[C-]#[O+].[C-]#[O+].[C-]#[O+].[Rh].[Rh]. The monoisotopic (exact) mass is 390 g/mol. The number of hydrogen-bond donors (Lipinski definition) is 0. The molecular weight excluding hydrogens is 389 g/mol. The number of rotatable bonds is 0. The summed E-state index contributed by atoms with van der Waals surface area (Å²) < 4.78 is 30.0. The number of hydrogen-bond acceptors (Lipinski definition) is 0. The fraction of sp³-hybridized carbons (Fsp3) is 0. The van der Waals surface area contributed by atoms with Crippen LogP contribution in [0.3, 0.4) is 0 Å². The fourth-order valence-electron chi connectivity index (χ4n) is 0. The van der Waals surface area contributed by atoms with Gasteiger partial charge in [0, 0.05) is 39.0 Å². The third-order valence-corrected chi connectivity index (χ3v) is 0. The van der Waals surface area contributed by atoms with Crippen molar-refractivity contribution >= 4 is 24.8 Å². The van der Waals surface area contributed by atoms with E-state index in [1.807, 2.05) is 0 Å². The van der Waals surface area contributed by atoms with E-state index in [2.05, 4.69) is 26.6 Å². The van der Waals surface area contributed by atoms with Gasteiger partial charge in [-0.3, -0.25) is 0 Å². The van der Waals surface area contributed by atoms with Gasteiger partial charge in [-0.2, -0.15) is 0 Å². The third-order valence-electron chi connectivity index (χ3n) is 0. The van der Waals surface area contributed by atoms with Crippen molar-refractivity contribution in [1.29, 1.82) is 0 Å². The van der Waals surface area contributed by atoms with Gasteiger partial charge in [-0.05, 0) is 0 Å². The van der Waals surface area contributed by atoms with E-state index >= 15 is 0 Å². The molecule has 0 saturated heterocycles. The Morgan fingerprint density at radius 1 is 0.417 bits per heavy atom. The first-order chi connectivity index (χ1) is 4.00. The first-order valence-electron chi connectivity index (χ1n) is 0.816. The van der Waals surface area contributed by atoms with Crippen molar-refractivity contribution < 1.29 is 57.6 Å². The molecule has 0 fully saturated rings. The molecule has 0 saturated carbocycles. The van der Waals surface area contributed by atoms with E-state index in [1.165, 1.54) is 0 Å². The summed E-state index contributed by atoms with van der Waals surface area (Å²) in [4.78, 5) is 0. The average molecular weight is 391 g/mol. The Kier molecular flexibility index (Phi) is 14300. The van der Waals surface area contributed by atoms with Gasteiger partial charge in [0.2, 0.25) is 0 Å². The van der Waals surface area contributed by atoms with Crippen LogP contribution in [0.5, 0.6) is 0 Å². The Morgan fingerprint density at radius 2 is 0.417 bits per heavy atom. The summed E-state index contributed by atoms with van der Waals surface area (Å²) >= 11 is 0. The van der Waals surface area contributed by atoms with Crippen molar-refractivity contribution in [3.05, 3.63) is 26.6 Å². The molecule has 0 aliphatic heterocycles. The van der Waals surface area contributed by atoms with E-state index in [0.29, 0.717) is 0 Å². The molecule has 74 valence electrons. The van der Waals surface area contributed by atoms with Gasteiger partial charge < -0.3 is 0 Å². The van der Waals surface area contributed by atoms with E-state index in [9.17, 15) is 0 Å². The Labute approximate surface area is 108 Å². The summed E-state index contributed by atoms with van der Waals surface area (Å²) in [6, 6.07) is 0. The first kappa shape index (κ1) is 77.5. The molecule has 0 bridgehead atoms. The number of halogens is 2. The van der Waals surface area contributed by atoms with Crippen LogP contribution in [0.15, 0.2) is 0 Å². The summed E-state index contributed by atoms with van der Waals surface area (Å²) in [5.41, 5.74) is 0. The van der Waals surface area contributed by atoms with Gasteiger partial charge in [-0.25, -0.2) is 0 Å². The van der Waals surface area contributed by atoms with Crippen LogP contribution in [0.25, 0.3) is 0 Å². The maximum Gasteiger partial charge on any atom is 0 e. The van der Waals surface area contributed by atoms with Crippen LogP contribution in [0, 0.1) is 26.6 Å². The van der Waals surface area contributed by atoms with Crippen molar-refractivity contribution in [3.8, 4) is 0 Å². The molecule has 4 nitrogen and oxygen atoms in total. The molecule has 12 heavy (non-hydrogen) atoms. The second-order valence-corrected chi connectivity index (χ2v) is 0. The zero-order chi connectivity index (χ0) is 8.00. The Bertz CT molecular complexity index is 66.0. The van der Waals surface area contributed by atoms with Gasteiger partial charge in [0.1, 0.15) is 0 Å². The zero-order valence-electron chi connectivity index (χ0n) is 5.12. The van der Waals surface area contributed by atoms with Crippen molar-refractivity contribution in [2.45, 2.75) is 0 Å². The Morgan fingerprint density at radius 3 is 0.417 bits per heavy atom. The average Bonchev–Trinajstić information content (AvgIpc) is 2.03. The van der Waals surface area contributed by atoms with Crippen molar-refractivity contribution in [1.82, 2.24) is 0 Å². The molecule has 0 unspecified atom stereocenters. The standard InChI is InChI=1S/4CO.2ClH.2Rh/c4*1-2;;;;/h;;;;2*1H;;. The first-order valence-corrected chi connectivity index (χ1v) is 0.816. The van der Waals surface area contributed by atoms with E-state index in [4.69, 9.17) is 18.6 Å². The third kappa shape index (κ3) is 1670. The van der Waals surface area contributed by atoms with Crippen LogP contribution in [0.4, 0.5) is 0 Å². The van der Waals surface area contributed by atoms with Crippen LogP contribution >= 0.6 is 24.8 Å². The second kappa shape index (κ2) is 2220. The molecule has 0 aromatic carbocycles. The summed E-state index contributed by atoms with van der Waals surface area (Å²) in [5, 5.41) is 0. The Hall–Kier alpha value is 0.787. The van der Waals surface area contributed by atoms with Crippen LogP contribution < -0.4 is 0 Å². The van der Waals surface area contributed by atoms with Gasteiger partial charge in [0.15, 0.2) is 0 Å². The van der Waals surface area contributed by atoms with Gasteiger partial charge >= 0.3 is 45.2 Å². The molecule has 2 radical (unpaired) electrons. The van der Waals surface area contributed by atoms with Crippen LogP contribution in [-0.2, 0) is 57.6 Å². The maximum absolute atomic E-state index is 7.50. The van der Waals surface area contributed by atoms with Gasteiger partial charge in [-0.1, -0.05) is 0 Å². The molecular formula is C4H2Cl2O4Rh2. The van der Waals surface area contributed by atoms with E-state index in [0.717, 1.165) is 0 Å². The zero-order valence-corrected chi connectivity index (χ0v) is 10.0. The predicted molar refractivity (Wildman–Crippen MR) is 30.2 cm³/mol. The van der Waals surface area contributed by atoms with Gasteiger partial charge in [0.05, 0.1) is 0 Å². The fourth-order valence-corrected chi connectivity index (χ4v) is 0. The van der Waals surface area contributed by atoms with Gasteiger partial charge in [-0.15, -0.1) is 24.8 Å². The topological polar surface area (TPSA) is 79.6 Å². The normalized spacial score (nSPS) is 0.667. The molecule has 0 aliphatic rings. The molecule has 0 aliphatic carbocycles. The van der Waals surface area contributed by atoms with Crippen LogP contribution in [-0.4, -0.2) is 0 Å². The molecule has 8 heteroatoms. The largest absolute Gasteiger partial charge is 0 e. The smallest absolute Gasteiger partial charge is 0 e. The quantitative estimate of drug-likeness (QED) is 0.331. The van der Waals surface area contributed by atoms with E-state index in [-0.39, 0.29) is 63.8 Å². The van der Waals surface area contributed by atoms with Crippen molar-refractivity contribution in [2.24, 2.45) is 0 Å². The predicted octanol–water partition coefficient (Wildman–Crippen LogP) is 0.689. The molecule has 0 rings (SSSR count). The van der Waals surface area contributed by atoms with E-state index < -0.39 is 0 Å². The molecule has 0 aromatic rings. The minimum atomic E-state index is 0. The van der Waals surface area contributed by atoms with E-state index in [1.54, 1.807) is 0 Å².